The van der Waals surface area contributed by atoms with Gasteiger partial charge in [0.25, 0.3) is 0 Å². The topological polar surface area (TPSA) is 76.0 Å². The van der Waals surface area contributed by atoms with E-state index in [0.29, 0.717) is 6.42 Å². The molecule has 0 aliphatic heterocycles. The molecule has 0 fully saturated rings. The van der Waals surface area contributed by atoms with Gasteiger partial charge in [-0.25, -0.2) is 4.79 Å². The standard InChI is InChI=1S/C15H19NO4/c1-2-20-15(18)14(16-19)13(17)11-7-6-10-12-8-4-3-5-9-12/h3-5,8-9,19H,2,6-7,10-11H2,1H3/b16-14-. The Labute approximate surface area is 118 Å². The SMILES string of the molecule is CCOC(=O)/C(=N\O)C(=O)CCCCc1ccccc1. The average Bonchev–Trinajstić information content (AvgIpc) is 2.46. The lowest BCUT2D eigenvalue weighted by Crippen LogP contribution is -2.26. The zero-order valence-corrected chi connectivity index (χ0v) is 11.5. The third kappa shape index (κ3) is 5.22. The molecular weight excluding hydrogens is 258 g/mol. The Morgan fingerprint density at radius 2 is 1.90 bits per heavy atom. The highest BCUT2D eigenvalue weighted by Crippen LogP contribution is 2.07. The van der Waals surface area contributed by atoms with Gasteiger partial charge in [0, 0.05) is 6.42 Å². The largest absolute Gasteiger partial charge is 0.461 e. The van der Waals surface area contributed by atoms with E-state index in [2.05, 4.69) is 9.89 Å². The lowest BCUT2D eigenvalue weighted by molar-refractivity contribution is -0.136. The van der Waals surface area contributed by atoms with Crippen molar-refractivity contribution in [3.8, 4) is 0 Å². The number of rotatable bonds is 8. The van der Waals surface area contributed by atoms with Crippen LogP contribution in [0.3, 0.4) is 0 Å². The predicted octanol–water partition coefficient (Wildman–Crippen LogP) is 2.36. The summed E-state index contributed by atoms with van der Waals surface area (Å²) in [7, 11) is 0. The number of hydrogen-bond donors (Lipinski definition) is 1. The van der Waals surface area contributed by atoms with E-state index >= 15 is 0 Å². The van der Waals surface area contributed by atoms with Gasteiger partial charge in [-0.15, -0.1) is 0 Å². The van der Waals surface area contributed by atoms with Crippen LogP contribution in [-0.4, -0.2) is 29.3 Å². The minimum Gasteiger partial charge on any atom is -0.461 e. The summed E-state index contributed by atoms with van der Waals surface area (Å²) in [6.45, 7) is 1.76. The Bertz CT molecular complexity index is 468. The molecule has 0 radical (unpaired) electrons. The summed E-state index contributed by atoms with van der Waals surface area (Å²) in [6.07, 6.45) is 2.51. The number of ketones is 1. The molecule has 1 aromatic rings. The molecule has 0 spiro atoms. The quantitative estimate of drug-likeness (QED) is 0.198. The molecule has 0 bridgehead atoms. The maximum absolute atomic E-state index is 11.7. The number of nitrogens with zero attached hydrogens (tertiary/aromatic N) is 1. The molecular formula is C15H19NO4. The number of oxime groups is 1. The number of ether oxygens (including phenoxy) is 1. The molecule has 20 heavy (non-hydrogen) atoms. The summed E-state index contributed by atoms with van der Waals surface area (Å²) in [6, 6.07) is 9.95. The van der Waals surface area contributed by atoms with Gasteiger partial charge >= 0.3 is 5.97 Å². The van der Waals surface area contributed by atoms with E-state index in [1.807, 2.05) is 30.3 Å². The molecule has 0 saturated heterocycles. The number of esters is 1. The molecule has 108 valence electrons. The van der Waals surface area contributed by atoms with Gasteiger partial charge < -0.3 is 9.94 Å². The second-order valence-electron chi connectivity index (χ2n) is 4.28. The number of carbonyl (C=O) groups is 2. The van der Waals surface area contributed by atoms with Gasteiger partial charge in [-0.1, -0.05) is 35.5 Å². The molecule has 0 atom stereocenters. The Kier molecular flexibility index (Phi) is 7.03. The molecule has 1 aromatic carbocycles. The Morgan fingerprint density at radius 3 is 2.50 bits per heavy atom. The van der Waals surface area contributed by atoms with E-state index in [1.54, 1.807) is 6.92 Å². The highest BCUT2D eigenvalue weighted by Gasteiger charge is 2.21. The van der Waals surface area contributed by atoms with Crippen LogP contribution in [0.15, 0.2) is 35.5 Å². The fraction of sp³-hybridized carbons (Fsp3) is 0.400. The third-order valence-electron chi connectivity index (χ3n) is 2.80. The molecule has 1 N–H and O–H groups in total. The molecule has 0 heterocycles. The summed E-state index contributed by atoms with van der Waals surface area (Å²) in [5.41, 5.74) is 0.688. The van der Waals surface area contributed by atoms with Gasteiger partial charge in [0.2, 0.25) is 5.71 Å². The zero-order chi connectivity index (χ0) is 14.8. The Morgan fingerprint density at radius 1 is 1.20 bits per heavy atom. The van der Waals surface area contributed by atoms with Crippen LogP contribution < -0.4 is 0 Å². The molecule has 0 saturated carbocycles. The van der Waals surface area contributed by atoms with Crippen molar-refractivity contribution in [2.75, 3.05) is 6.61 Å². The van der Waals surface area contributed by atoms with Crippen LogP contribution in [0.5, 0.6) is 0 Å². The van der Waals surface area contributed by atoms with Gasteiger partial charge in [0.05, 0.1) is 6.61 Å². The van der Waals surface area contributed by atoms with Crippen molar-refractivity contribution < 1.29 is 19.5 Å². The number of benzene rings is 1. The summed E-state index contributed by atoms with van der Waals surface area (Å²) < 4.78 is 4.64. The van der Waals surface area contributed by atoms with E-state index in [4.69, 9.17) is 5.21 Å². The number of carbonyl (C=O) groups excluding carboxylic acids is 2. The second-order valence-corrected chi connectivity index (χ2v) is 4.28. The number of hydrogen-bond acceptors (Lipinski definition) is 5. The number of aryl methyl sites for hydroxylation is 1. The third-order valence-corrected chi connectivity index (χ3v) is 2.80. The minimum absolute atomic E-state index is 0.138. The van der Waals surface area contributed by atoms with Crippen LogP contribution in [0.2, 0.25) is 0 Å². The lowest BCUT2D eigenvalue weighted by Gasteiger charge is -2.04. The summed E-state index contributed by atoms with van der Waals surface area (Å²) in [5, 5.41) is 11.4. The second kappa shape index (κ2) is 8.85. The van der Waals surface area contributed by atoms with Crippen LogP contribution in [0.25, 0.3) is 0 Å². The molecule has 1 rings (SSSR count). The fourth-order valence-electron chi connectivity index (χ4n) is 1.79. The number of unbranched alkanes of at least 4 members (excludes halogenated alkanes) is 1. The predicted molar refractivity (Wildman–Crippen MR) is 74.9 cm³/mol. The Hall–Kier alpha value is -2.17. The van der Waals surface area contributed by atoms with Crippen molar-refractivity contribution in [3.05, 3.63) is 35.9 Å². The molecule has 0 unspecified atom stereocenters. The molecule has 5 nitrogen and oxygen atoms in total. The molecule has 0 aliphatic rings. The summed E-state index contributed by atoms with van der Waals surface area (Å²) in [4.78, 5) is 23.0. The van der Waals surface area contributed by atoms with E-state index < -0.39 is 17.5 Å². The van der Waals surface area contributed by atoms with E-state index in [0.717, 1.165) is 12.8 Å². The smallest absolute Gasteiger partial charge is 0.364 e. The maximum atomic E-state index is 11.7. The van der Waals surface area contributed by atoms with E-state index in [-0.39, 0.29) is 13.0 Å². The van der Waals surface area contributed by atoms with Gasteiger partial charge in [0.15, 0.2) is 5.78 Å². The minimum atomic E-state index is -0.872. The van der Waals surface area contributed by atoms with Crippen molar-refractivity contribution in [2.45, 2.75) is 32.6 Å². The highest BCUT2D eigenvalue weighted by molar-refractivity contribution is 6.64. The van der Waals surface area contributed by atoms with E-state index in [1.165, 1.54) is 5.56 Å². The van der Waals surface area contributed by atoms with Crippen molar-refractivity contribution in [1.29, 1.82) is 0 Å². The van der Waals surface area contributed by atoms with Gasteiger partial charge in [0.1, 0.15) is 0 Å². The first-order chi connectivity index (χ1) is 9.69. The van der Waals surface area contributed by atoms with Crippen molar-refractivity contribution in [3.63, 3.8) is 0 Å². The molecule has 0 aliphatic carbocycles. The van der Waals surface area contributed by atoms with Crippen LogP contribution >= 0.6 is 0 Å². The maximum Gasteiger partial charge on any atom is 0.364 e. The molecule has 0 amide bonds. The average molecular weight is 277 g/mol. The van der Waals surface area contributed by atoms with Gasteiger partial charge in [-0.3, -0.25) is 4.79 Å². The Balaban J connectivity index is 2.34. The lowest BCUT2D eigenvalue weighted by atomic mass is 10.0. The number of Topliss-reactive ketones (excluding diaryl/α,β-unsaturated/α-hetero) is 1. The van der Waals surface area contributed by atoms with Gasteiger partial charge in [-0.2, -0.15) is 0 Å². The highest BCUT2D eigenvalue weighted by atomic mass is 16.5. The summed E-state index contributed by atoms with van der Waals surface area (Å²) in [5.74, 6) is -1.36. The zero-order valence-electron chi connectivity index (χ0n) is 11.5. The summed E-state index contributed by atoms with van der Waals surface area (Å²) >= 11 is 0. The van der Waals surface area contributed by atoms with Crippen LogP contribution in [0.1, 0.15) is 31.7 Å². The molecule has 5 heteroatoms. The van der Waals surface area contributed by atoms with Crippen molar-refractivity contribution in [1.82, 2.24) is 0 Å². The first kappa shape index (κ1) is 15.9. The first-order valence-corrected chi connectivity index (χ1v) is 6.65. The molecule has 0 aromatic heterocycles. The first-order valence-electron chi connectivity index (χ1n) is 6.65. The van der Waals surface area contributed by atoms with E-state index in [9.17, 15) is 9.59 Å². The van der Waals surface area contributed by atoms with Crippen molar-refractivity contribution >= 4 is 17.5 Å². The van der Waals surface area contributed by atoms with Crippen LogP contribution in [0.4, 0.5) is 0 Å². The van der Waals surface area contributed by atoms with Crippen molar-refractivity contribution in [2.24, 2.45) is 5.16 Å². The van der Waals surface area contributed by atoms with Crippen LogP contribution in [0, 0.1) is 0 Å². The fourth-order valence-corrected chi connectivity index (χ4v) is 1.79. The normalized spacial score (nSPS) is 11.2. The van der Waals surface area contributed by atoms with Crippen LogP contribution in [-0.2, 0) is 20.7 Å². The van der Waals surface area contributed by atoms with Gasteiger partial charge in [-0.05, 0) is 31.7 Å². The monoisotopic (exact) mass is 277 g/mol.